The summed E-state index contributed by atoms with van der Waals surface area (Å²) in [6, 6.07) is 0.687. The third-order valence-corrected chi connectivity index (χ3v) is 7.03. The van der Waals surface area contributed by atoms with Gasteiger partial charge in [-0.2, -0.15) is 0 Å². The van der Waals surface area contributed by atoms with Crippen molar-refractivity contribution in [2.24, 2.45) is 5.92 Å². The Kier molecular flexibility index (Phi) is 5.09. The van der Waals surface area contributed by atoms with Crippen LogP contribution < -0.4 is 5.32 Å². The van der Waals surface area contributed by atoms with E-state index in [0.717, 1.165) is 25.6 Å². The minimum atomic E-state index is -3.43. The molecule has 1 aliphatic carbocycles. The quantitative estimate of drug-likeness (QED) is 0.703. The normalized spacial score (nSPS) is 23.1. The first kappa shape index (κ1) is 16.2. The van der Waals surface area contributed by atoms with Crippen LogP contribution in [0, 0.1) is 5.92 Å². The molecule has 1 heterocycles. The lowest BCUT2D eigenvalue weighted by Gasteiger charge is -2.31. The second kappa shape index (κ2) is 6.29. The molecule has 1 aliphatic heterocycles. The molecule has 2 rings (SSSR count). The molecule has 8 heteroatoms. The Morgan fingerprint density at radius 3 is 2.10 bits per heavy atom. The van der Waals surface area contributed by atoms with Crippen LogP contribution in [-0.2, 0) is 19.9 Å². The number of nitrogens with one attached hydrogen (secondary N) is 1. The Hall–Kier alpha value is -0.180. The van der Waals surface area contributed by atoms with E-state index in [1.54, 1.807) is 0 Å². The van der Waals surface area contributed by atoms with Crippen molar-refractivity contribution in [1.82, 2.24) is 9.62 Å². The summed E-state index contributed by atoms with van der Waals surface area (Å²) in [5, 5.41) is 3.48. The predicted molar refractivity (Wildman–Crippen MR) is 78.8 cm³/mol. The van der Waals surface area contributed by atoms with Crippen LogP contribution in [0.5, 0.6) is 0 Å². The fourth-order valence-electron chi connectivity index (χ4n) is 2.40. The molecule has 0 unspecified atom stereocenters. The smallest absolute Gasteiger partial charge is 0.215 e. The Morgan fingerprint density at radius 2 is 1.60 bits per heavy atom. The lowest BCUT2D eigenvalue weighted by Crippen LogP contribution is -2.42. The van der Waals surface area contributed by atoms with Crippen LogP contribution >= 0.6 is 0 Å². The first-order chi connectivity index (χ1) is 9.26. The van der Waals surface area contributed by atoms with E-state index in [-0.39, 0.29) is 11.5 Å². The topological polar surface area (TPSA) is 83.5 Å². The maximum absolute atomic E-state index is 12.1. The maximum atomic E-state index is 12.1. The molecule has 1 saturated carbocycles. The average Bonchev–Trinajstić information content (AvgIpc) is 3.18. The van der Waals surface area contributed by atoms with E-state index in [1.165, 1.54) is 17.1 Å². The number of sulfonamides is 1. The monoisotopic (exact) mass is 324 g/mol. The molecular formula is C12H24N2O4S2. The standard InChI is InChI=1S/C12H24N2O4S2/c1-19(15,16)8-9-20(17,18)14-6-4-11(5-7-14)10-13-12-2-3-12/h11-13H,2-10H2,1H3. The van der Waals surface area contributed by atoms with E-state index >= 15 is 0 Å². The van der Waals surface area contributed by atoms with Crippen LogP contribution in [0.4, 0.5) is 0 Å². The van der Waals surface area contributed by atoms with Gasteiger partial charge in [0, 0.05) is 25.4 Å². The maximum Gasteiger partial charge on any atom is 0.215 e. The molecule has 0 spiro atoms. The lowest BCUT2D eigenvalue weighted by molar-refractivity contribution is 0.267. The zero-order valence-electron chi connectivity index (χ0n) is 11.9. The highest BCUT2D eigenvalue weighted by Gasteiger charge is 2.29. The fourth-order valence-corrected chi connectivity index (χ4v) is 5.48. The highest BCUT2D eigenvalue weighted by molar-refractivity contribution is 7.93. The first-order valence-corrected chi connectivity index (χ1v) is 10.8. The molecule has 0 radical (unpaired) electrons. The second-order valence-electron chi connectivity index (χ2n) is 5.97. The summed E-state index contributed by atoms with van der Waals surface area (Å²) >= 11 is 0. The highest BCUT2D eigenvalue weighted by Crippen LogP contribution is 2.22. The lowest BCUT2D eigenvalue weighted by atomic mass is 9.98. The molecule has 20 heavy (non-hydrogen) atoms. The van der Waals surface area contributed by atoms with Gasteiger partial charge in [-0.1, -0.05) is 0 Å². The SMILES string of the molecule is CS(=O)(=O)CCS(=O)(=O)N1CCC(CNC2CC2)CC1. The van der Waals surface area contributed by atoms with Gasteiger partial charge in [0.1, 0.15) is 9.84 Å². The van der Waals surface area contributed by atoms with Crippen molar-refractivity contribution < 1.29 is 16.8 Å². The third-order valence-electron chi connectivity index (χ3n) is 3.95. The van der Waals surface area contributed by atoms with Crippen molar-refractivity contribution in [2.75, 3.05) is 37.4 Å². The molecule has 0 amide bonds. The van der Waals surface area contributed by atoms with Gasteiger partial charge in [-0.15, -0.1) is 0 Å². The van der Waals surface area contributed by atoms with E-state index in [9.17, 15) is 16.8 Å². The molecule has 1 saturated heterocycles. The van der Waals surface area contributed by atoms with Gasteiger partial charge < -0.3 is 5.32 Å². The molecule has 2 aliphatic rings. The summed E-state index contributed by atoms with van der Waals surface area (Å²) in [4.78, 5) is 0. The number of piperidine rings is 1. The van der Waals surface area contributed by atoms with Gasteiger partial charge in [0.2, 0.25) is 10.0 Å². The summed E-state index contributed by atoms with van der Waals surface area (Å²) < 4.78 is 47.7. The molecule has 118 valence electrons. The highest BCUT2D eigenvalue weighted by atomic mass is 32.2. The van der Waals surface area contributed by atoms with Crippen LogP contribution in [0.2, 0.25) is 0 Å². The molecule has 0 aromatic rings. The fraction of sp³-hybridized carbons (Fsp3) is 1.00. The summed E-state index contributed by atoms with van der Waals surface area (Å²) in [5.41, 5.74) is 0. The minimum Gasteiger partial charge on any atom is -0.314 e. The molecule has 0 aromatic carbocycles. The molecule has 0 atom stereocenters. The van der Waals surface area contributed by atoms with Crippen molar-refractivity contribution in [3.63, 3.8) is 0 Å². The molecule has 2 fully saturated rings. The summed E-state index contributed by atoms with van der Waals surface area (Å²) in [6.07, 6.45) is 5.31. The van der Waals surface area contributed by atoms with Gasteiger partial charge in [0.05, 0.1) is 11.5 Å². The largest absolute Gasteiger partial charge is 0.314 e. The van der Waals surface area contributed by atoms with Crippen LogP contribution in [-0.4, -0.2) is 64.6 Å². The summed E-state index contributed by atoms with van der Waals surface area (Å²) in [5.74, 6) is -0.0491. The van der Waals surface area contributed by atoms with Crippen molar-refractivity contribution >= 4 is 19.9 Å². The predicted octanol–water partition coefficient (Wildman–Crippen LogP) is -0.175. The molecule has 0 aromatic heterocycles. The third kappa shape index (κ3) is 5.31. The van der Waals surface area contributed by atoms with Crippen molar-refractivity contribution in [1.29, 1.82) is 0 Å². The van der Waals surface area contributed by atoms with Crippen LogP contribution in [0.1, 0.15) is 25.7 Å². The minimum absolute atomic E-state index is 0.293. The van der Waals surface area contributed by atoms with Gasteiger partial charge >= 0.3 is 0 Å². The first-order valence-electron chi connectivity index (χ1n) is 7.15. The summed E-state index contributed by atoms with van der Waals surface area (Å²) in [7, 11) is -6.66. The van der Waals surface area contributed by atoms with Gasteiger partial charge in [-0.3, -0.25) is 0 Å². The number of nitrogens with zero attached hydrogens (tertiary/aromatic N) is 1. The molecular weight excluding hydrogens is 300 g/mol. The molecule has 1 N–H and O–H groups in total. The Labute approximate surface area is 121 Å². The van der Waals surface area contributed by atoms with E-state index in [4.69, 9.17) is 0 Å². The average molecular weight is 324 g/mol. The van der Waals surface area contributed by atoms with Crippen molar-refractivity contribution in [3.8, 4) is 0 Å². The van der Waals surface area contributed by atoms with Gasteiger partial charge in [-0.05, 0) is 38.1 Å². The number of sulfone groups is 1. The van der Waals surface area contributed by atoms with E-state index in [2.05, 4.69) is 5.32 Å². The molecule has 6 nitrogen and oxygen atoms in total. The van der Waals surface area contributed by atoms with Crippen LogP contribution in [0.15, 0.2) is 0 Å². The Bertz CT molecular complexity index is 518. The number of rotatable bonds is 7. The zero-order chi connectivity index (χ0) is 14.8. The number of hydrogen-bond acceptors (Lipinski definition) is 5. The van der Waals surface area contributed by atoms with Crippen LogP contribution in [0.3, 0.4) is 0 Å². The van der Waals surface area contributed by atoms with Gasteiger partial charge in [-0.25, -0.2) is 21.1 Å². The van der Waals surface area contributed by atoms with Gasteiger partial charge in [0.15, 0.2) is 0 Å². The zero-order valence-corrected chi connectivity index (χ0v) is 13.5. The Balaban J connectivity index is 1.76. The number of hydrogen-bond donors (Lipinski definition) is 1. The van der Waals surface area contributed by atoms with Crippen molar-refractivity contribution in [3.05, 3.63) is 0 Å². The van der Waals surface area contributed by atoms with E-state index in [1.807, 2.05) is 0 Å². The van der Waals surface area contributed by atoms with E-state index < -0.39 is 19.9 Å². The second-order valence-corrected chi connectivity index (χ2v) is 10.3. The Morgan fingerprint density at radius 1 is 1.00 bits per heavy atom. The molecule has 0 bridgehead atoms. The summed E-state index contributed by atoms with van der Waals surface area (Å²) in [6.45, 7) is 2.01. The van der Waals surface area contributed by atoms with E-state index in [0.29, 0.717) is 25.0 Å². The van der Waals surface area contributed by atoms with Gasteiger partial charge in [0.25, 0.3) is 0 Å². The van der Waals surface area contributed by atoms with Crippen LogP contribution in [0.25, 0.3) is 0 Å². The van der Waals surface area contributed by atoms with Crippen molar-refractivity contribution in [2.45, 2.75) is 31.7 Å².